The zero-order valence-corrected chi connectivity index (χ0v) is 17.9. The molecule has 1 amide bonds. The number of aryl methyl sites for hydroxylation is 2. The molecule has 5 heteroatoms. The third-order valence-corrected chi connectivity index (χ3v) is 5.37. The molecule has 0 saturated heterocycles. The van der Waals surface area contributed by atoms with Gasteiger partial charge in [0.05, 0.1) is 28.7 Å². The lowest BCUT2D eigenvalue weighted by atomic mass is 10.0. The number of aromatic nitrogens is 2. The molecule has 3 rings (SSSR count). The Bertz CT molecular complexity index is 959. The number of nitrogens with zero attached hydrogens (tertiary/aromatic N) is 3. The number of likely N-dealkylation sites (N-methyl/N-ethyl adjacent to an activating group) is 1. The first kappa shape index (κ1) is 20.8. The van der Waals surface area contributed by atoms with E-state index in [4.69, 9.17) is 0 Å². The molecule has 2 aromatic carbocycles. The second-order valence-electron chi connectivity index (χ2n) is 7.58. The molecule has 0 spiro atoms. The summed E-state index contributed by atoms with van der Waals surface area (Å²) in [7, 11) is 4.07. The van der Waals surface area contributed by atoms with Crippen LogP contribution in [0.3, 0.4) is 0 Å². The fourth-order valence-electron chi connectivity index (χ4n) is 3.64. The lowest BCUT2D eigenvalue weighted by Crippen LogP contribution is -2.35. The Morgan fingerprint density at radius 1 is 1.07 bits per heavy atom. The van der Waals surface area contributed by atoms with Gasteiger partial charge in [0.1, 0.15) is 0 Å². The molecule has 1 unspecified atom stereocenters. The van der Waals surface area contributed by atoms with Gasteiger partial charge in [-0.05, 0) is 57.6 Å². The number of amides is 1. The van der Waals surface area contributed by atoms with Crippen LogP contribution in [0.25, 0.3) is 5.69 Å². The molecule has 0 radical (unpaired) electrons. The molecule has 0 bridgehead atoms. The Balaban J connectivity index is 1.78. The van der Waals surface area contributed by atoms with Crippen LogP contribution in [0, 0.1) is 13.8 Å². The number of hydrogen-bond donors (Lipinski definition) is 1. The van der Waals surface area contributed by atoms with Gasteiger partial charge in [0, 0.05) is 6.54 Å². The normalized spacial score (nSPS) is 12.2. The maximum Gasteiger partial charge on any atom is 0.255 e. The van der Waals surface area contributed by atoms with Crippen molar-refractivity contribution in [1.29, 1.82) is 0 Å². The molecule has 152 valence electrons. The van der Waals surface area contributed by atoms with Crippen LogP contribution < -0.4 is 5.32 Å². The van der Waals surface area contributed by atoms with Crippen molar-refractivity contribution in [2.75, 3.05) is 20.6 Å². The molecule has 0 aliphatic heterocycles. The first-order valence-corrected chi connectivity index (χ1v) is 10.1. The first-order chi connectivity index (χ1) is 13.9. The Morgan fingerprint density at radius 3 is 2.31 bits per heavy atom. The van der Waals surface area contributed by atoms with Crippen LogP contribution in [0.1, 0.15) is 45.8 Å². The largest absolute Gasteiger partial charge is 0.350 e. The average molecular weight is 391 g/mol. The highest BCUT2D eigenvalue weighted by atomic mass is 16.1. The van der Waals surface area contributed by atoms with Crippen molar-refractivity contribution in [2.45, 2.75) is 33.2 Å². The molecule has 0 aliphatic rings. The van der Waals surface area contributed by atoms with E-state index in [0.717, 1.165) is 23.5 Å². The minimum absolute atomic E-state index is 0.0841. The minimum atomic E-state index is -0.0841. The SMILES string of the molecule is CCc1ccc(C(CNC(=O)c2c(C)nn(-c3ccccc3)c2C)N(C)C)cc1. The molecule has 1 heterocycles. The Morgan fingerprint density at radius 2 is 1.72 bits per heavy atom. The number of nitrogens with one attached hydrogen (secondary N) is 1. The topological polar surface area (TPSA) is 50.2 Å². The molecule has 1 aromatic heterocycles. The van der Waals surface area contributed by atoms with Gasteiger partial charge in [0.25, 0.3) is 5.91 Å². The zero-order valence-electron chi connectivity index (χ0n) is 17.9. The van der Waals surface area contributed by atoms with Crippen LogP contribution in [0.5, 0.6) is 0 Å². The van der Waals surface area contributed by atoms with E-state index in [1.807, 2.05) is 63.0 Å². The Hall–Kier alpha value is -2.92. The van der Waals surface area contributed by atoms with Crippen LogP contribution in [-0.4, -0.2) is 41.2 Å². The third-order valence-electron chi connectivity index (χ3n) is 5.37. The molecule has 29 heavy (non-hydrogen) atoms. The van der Waals surface area contributed by atoms with Crippen molar-refractivity contribution >= 4 is 5.91 Å². The lowest BCUT2D eigenvalue weighted by Gasteiger charge is -2.25. The van der Waals surface area contributed by atoms with E-state index in [1.54, 1.807) is 0 Å². The van der Waals surface area contributed by atoms with Gasteiger partial charge in [-0.3, -0.25) is 4.79 Å². The summed E-state index contributed by atoms with van der Waals surface area (Å²) in [5, 5.41) is 7.71. The Kier molecular flexibility index (Phi) is 6.49. The molecule has 3 aromatic rings. The van der Waals surface area contributed by atoms with Gasteiger partial charge in [0.2, 0.25) is 0 Å². The number of carbonyl (C=O) groups is 1. The first-order valence-electron chi connectivity index (χ1n) is 10.1. The third kappa shape index (κ3) is 4.57. The molecular formula is C24H30N4O. The second-order valence-corrected chi connectivity index (χ2v) is 7.58. The zero-order chi connectivity index (χ0) is 21.0. The molecule has 0 saturated carbocycles. The van der Waals surface area contributed by atoms with Crippen molar-refractivity contribution in [1.82, 2.24) is 20.0 Å². The maximum absolute atomic E-state index is 13.0. The molecule has 1 atom stereocenters. The summed E-state index contributed by atoms with van der Waals surface area (Å²) in [5.41, 5.74) is 5.69. The quantitative estimate of drug-likeness (QED) is 0.661. The van der Waals surface area contributed by atoms with Crippen molar-refractivity contribution in [3.63, 3.8) is 0 Å². The van der Waals surface area contributed by atoms with E-state index in [1.165, 1.54) is 11.1 Å². The molecule has 5 nitrogen and oxygen atoms in total. The van der Waals surface area contributed by atoms with Crippen molar-refractivity contribution in [3.05, 3.63) is 82.7 Å². The molecular weight excluding hydrogens is 360 g/mol. The second kappa shape index (κ2) is 9.05. The molecule has 0 fully saturated rings. The van der Waals surface area contributed by atoms with Gasteiger partial charge in [-0.25, -0.2) is 4.68 Å². The fraction of sp³-hybridized carbons (Fsp3) is 0.333. The van der Waals surface area contributed by atoms with E-state index in [2.05, 4.69) is 46.5 Å². The highest BCUT2D eigenvalue weighted by Gasteiger charge is 2.21. The van der Waals surface area contributed by atoms with Crippen molar-refractivity contribution in [2.24, 2.45) is 0 Å². The predicted molar refractivity (Wildman–Crippen MR) is 118 cm³/mol. The fourth-order valence-corrected chi connectivity index (χ4v) is 3.64. The number of para-hydroxylation sites is 1. The number of benzene rings is 2. The van der Waals surface area contributed by atoms with E-state index in [9.17, 15) is 4.79 Å². The summed E-state index contributed by atoms with van der Waals surface area (Å²) in [6.45, 7) is 6.51. The highest BCUT2D eigenvalue weighted by molar-refractivity contribution is 5.96. The van der Waals surface area contributed by atoms with Gasteiger partial charge in [-0.15, -0.1) is 0 Å². The Labute approximate surface area is 173 Å². The standard InChI is InChI=1S/C24H30N4O/c1-6-19-12-14-20(15-13-19)22(27(4)5)16-25-24(29)23-17(2)26-28(18(23)3)21-10-8-7-9-11-21/h7-15,22H,6,16H2,1-5H3,(H,25,29). The summed E-state index contributed by atoms with van der Waals surface area (Å²) in [6.07, 6.45) is 1.02. The van der Waals surface area contributed by atoms with E-state index < -0.39 is 0 Å². The lowest BCUT2D eigenvalue weighted by molar-refractivity contribution is 0.0940. The van der Waals surface area contributed by atoms with Crippen LogP contribution in [0.15, 0.2) is 54.6 Å². The highest BCUT2D eigenvalue weighted by Crippen LogP contribution is 2.20. The van der Waals surface area contributed by atoms with Crippen LogP contribution in [-0.2, 0) is 6.42 Å². The van der Waals surface area contributed by atoms with Gasteiger partial charge < -0.3 is 10.2 Å². The van der Waals surface area contributed by atoms with Gasteiger partial charge >= 0.3 is 0 Å². The van der Waals surface area contributed by atoms with E-state index in [-0.39, 0.29) is 11.9 Å². The minimum Gasteiger partial charge on any atom is -0.350 e. The van der Waals surface area contributed by atoms with Crippen LogP contribution >= 0.6 is 0 Å². The number of rotatable bonds is 7. The number of carbonyl (C=O) groups excluding carboxylic acids is 1. The number of hydrogen-bond acceptors (Lipinski definition) is 3. The molecule has 1 N–H and O–H groups in total. The van der Waals surface area contributed by atoms with E-state index in [0.29, 0.717) is 12.1 Å². The maximum atomic E-state index is 13.0. The monoisotopic (exact) mass is 390 g/mol. The van der Waals surface area contributed by atoms with Gasteiger partial charge in [0.15, 0.2) is 0 Å². The van der Waals surface area contributed by atoms with E-state index >= 15 is 0 Å². The van der Waals surface area contributed by atoms with Crippen LogP contribution in [0.4, 0.5) is 0 Å². The predicted octanol–water partition coefficient (Wildman–Crippen LogP) is 4.08. The molecule has 0 aliphatic carbocycles. The summed E-state index contributed by atoms with van der Waals surface area (Å²) in [5.74, 6) is -0.0841. The summed E-state index contributed by atoms with van der Waals surface area (Å²) < 4.78 is 1.83. The average Bonchev–Trinajstić information content (AvgIpc) is 3.03. The van der Waals surface area contributed by atoms with Crippen LogP contribution in [0.2, 0.25) is 0 Å². The van der Waals surface area contributed by atoms with Gasteiger partial charge in [-0.1, -0.05) is 49.4 Å². The summed E-state index contributed by atoms with van der Waals surface area (Å²) in [4.78, 5) is 15.1. The van der Waals surface area contributed by atoms with Crippen molar-refractivity contribution in [3.8, 4) is 5.69 Å². The summed E-state index contributed by atoms with van der Waals surface area (Å²) >= 11 is 0. The van der Waals surface area contributed by atoms with Gasteiger partial charge in [-0.2, -0.15) is 5.10 Å². The van der Waals surface area contributed by atoms with Crippen molar-refractivity contribution < 1.29 is 4.79 Å². The smallest absolute Gasteiger partial charge is 0.255 e. The summed E-state index contributed by atoms with van der Waals surface area (Å²) in [6, 6.07) is 18.6.